The van der Waals surface area contributed by atoms with E-state index in [0.29, 0.717) is 10.9 Å². The Morgan fingerprint density at radius 1 is 0.952 bits per heavy atom. The lowest BCUT2D eigenvalue weighted by Gasteiger charge is -2.16. The number of hydrogen-bond donors (Lipinski definition) is 1. The average Bonchev–Trinajstić information content (AvgIpc) is 2.50. The van der Waals surface area contributed by atoms with Gasteiger partial charge in [-0.15, -0.1) is 0 Å². The number of benzene rings is 3. The van der Waals surface area contributed by atoms with Crippen LogP contribution in [0.1, 0.15) is 17.2 Å². The van der Waals surface area contributed by atoms with Gasteiger partial charge in [-0.3, -0.25) is 0 Å². The Morgan fingerprint density at radius 2 is 1.67 bits per heavy atom. The Morgan fingerprint density at radius 3 is 2.43 bits per heavy atom. The third kappa shape index (κ3) is 2.84. The molecule has 3 aromatic carbocycles. The summed E-state index contributed by atoms with van der Waals surface area (Å²) in [6.07, 6.45) is -0.806. The van der Waals surface area contributed by atoms with Crippen molar-refractivity contribution in [3.05, 3.63) is 79.6 Å². The fraction of sp³-hybridized carbons (Fsp3) is 0.0588. The Hall–Kier alpha value is -0.980. The second-order valence-electron chi connectivity index (χ2n) is 4.75. The maximum absolute atomic E-state index is 13.9. The third-order valence-electron chi connectivity index (χ3n) is 3.45. The van der Waals surface area contributed by atoms with E-state index in [4.69, 9.17) is 0 Å². The molecule has 1 nitrogen and oxygen atoms in total. The summed E-state index contributed by atoms with van der Waals surface area (Å²) >= 11 is 5.68. The lowest BCUT2D eigenvalue weighted by molar-refractivity contribution is 0.221. The van der Waals surface area contributed by atoms with Gasteiger partial charge < -0.3 is 5.11 Å². The number of aliphatic hydroxyl groups excluding tert-OH is 1. The van der Waals surface area contributed by atoms with Gasteiger partial charge in [-0.05, 0) is 57.8 Å². The molecule has 0 bridgehead atoms. The fourth-order valence-electron chi connectivity index (χ4n) is 2.42. The van der Waals surface area contributed by atoms with Crippen LogP contribution in [-0.2, 0) is 0 Å². The molecule has 0 fully saturated rings. The van der Waals surface area contributed by atoms with Gasteiger partial charge in [0, 0.05) is 19.0 Å². The van der Waals surface area contributed by atoms with Crippen LogP contribution in [0.5, 0.6) is 0 Å². The number of hydrogen-bond acceptors (Lipinski definition) is 1. The Labute approximate surface area is 144 Å². The molecule has 3 aromatic rings. The van der Waals surface area contributed by atoms with Gasteiger partial charge in [0.25, 0.3) is 0 Å². The average molecular weight is 457 g/mol. The summed E-state index contributed by atoms with van der Waals surface area (Å²) in [4.78, 5) is 0. The van der Waals surface area contributed by atoms with Crippen LogP contribution in [0.3, 0.4) is 0 Å². The molecule has 21 heavy (non-hydrogen) atoms. The molecule has 0 radical (unpaired) electrons. The summed E-state index contributed by atoms with van der Waals surface area (Å²) in [5.41, 5.74) is 1.48. The summed E-state index contributed by atoms with van der Waals surface area (Å²) in [6, 6.07) is 16.1. The summed E-state index contributed by atoms with van der Waals surface area (Å²) < 4.78 is 15.8. The highest BCUT2D eigenvalue weighted by Crippen LogP contribution is 2.34. The van der Waals surface area contributed by atoms with Crippen LogP contribution >= 0.6 is 38.5 Å². The van der Waals surface area contributed by atoms with Gasteiger partial charge in [0.05, 0.1) is 0 Å². The minimum Gasteiger partial charge on any atom is -0.384 e. The number of rotatable bonds is 2. The van der Waals surface area contributed by atoms with Gasteiger partial charge in [0.15, 0.2) is 0 Å². The molecule has 0 saturated heterocycles. The van der Waals surface area contributed by atoms with Crippen molar-refractivity contribution >= 4 is 49.3 Å². The molecule has 0 spiro atoms. The number of aliphatic hydroxyl groups is 1. The first-order chi connectivity index (χ1) is 10.1. The lowest BCUT2D eigenvalue weighted by atomic mass is 9.95. The molecule has 0 amide bonds. The molecule has 0 saturated carbocycles. The van der Waals surface area contributed by atoms with Crippen LogP contribution in [0, 0.1) is 9.39 Å². The van der Waals surface area contributed by atoms with E-state index >= 15 is 0 Å². The van der Waals surface area contributed by atoms with Crippen LogP contribution in [0.15, 0.2) is 59.1 Å². The van der Waals surface area contributed by atoms with Crippen molar-refractivity contribution in [3.8, 4) is 0 Å². The molecular formula is C17H11BrFIO. The molecule has 0 aromatic heterocycles. The second kappa shape index (κ2) is 6.02. The van der Waals surface area contributed by atoms with Gasteiger partial charge in [-0.25, -0.2) is 4.39 Å². The summed E-state index contributed by atoms with van der Waals surface area (Å²) in [6.45, 7) is 0. The summed E-state index contributed by atoms with van der Waals surface area (Å²) in [5.74, 6) is -0.275. The molecule has 106 valence electrons. The van der Waals surface area contributed by atoms with Crippen molar-refractivity contribution in [1.29, 1.82) is 0 Å². The van der Waals surface area contributed by atoms with Crippen molar-refractivity contribution in [1.82, 2.24) is 0 Å². The highest BCUT2D eigenvalue weighted by Gasteiger charge is 2.17. The monoisotopic (exact) mass is 456 g/mol. The second-order valence-corrected chi connectivity index (χ2v) is 6.85. The highest BCUT2D eigenvalue weighted by molar-refractivity contribution is 14.1. The van der Waals surface area contributed by atoms with Crippen LogP contribution in [0.2, 0.25) is 0 Å². The normalized spacial score (nSPS) is 12.6. The van der Waals surface area contributed by atoms with E-state index in [1.165, 1.54) is 6.07 Å². The SMILES string of the molecule is OC(c1cc(I)ccc1Br)c1ccc(F)c2ccccc12. The maximum atomic E-state index is 13.9. The molecule has 0 aliphatic heterocycles. The van der Waals surface area contributed by atoms with E-state index in [0.717, 1.165) is 19.0 Å². The molecule has 1 unspecified atom stereocenters. The fourth-order valence-corrected chi connectivity index (χ4v) is 3.39. The predicted octanol–water partition coefficient (Wildman–Crippen LogP) is 5.43. The number of halogens is 3. The molecule has 3 rings (SSSR count). The predicted molar refractivity (Wildman–Crippen MR) is 94.8 cm³/mol. The first-order valence-corrected chi connectivity index (χ1v) is 8.25. The van der Waals surface area contributed by atoms with E-state index < -0.39 is 6.10 Å². The third-order valence-corrected chi connectivity index (χ3v) is 4.84. The summed E-state index contributed by atoms with van der Waals surface area (Å²) in [7, 11) is 0. The van der Waals surface area contributed by atoms with Crippen molar-refractivity contribution < 1.29 is 9.50 Å². The van der Waals surface area contributed by atoms with E-state index in [2.05, 4.69) is 38.5 Å². The number of fused-ring (bicyclic) bond motifs is 1. The van der Waals surface area contributed by atoms with Crippen molar-refractivity contribution in [3.63, 3.8) is 0 Å². The Bertz CT molecular complexity index is 819. The molecule has 4 heteroatoms. The van der Waals surface area contributed by atoms with Crippen LogP contribution < -0.4 is 0 Å². The topological polar surface area (TPSA) is 20.2 Å². The first-order valence-electron chi connectivity index (χ1n) is 6.38. The smallest absolute Gasteiger partial charge is 0.131 e. The molecule has 1 atom stereocenters. The van der Waals surface area contributed by atoms with E-state index in [1.807, 2.05) is 30.3 Å². The summed E-state index contributed by atoms with van der Waals surface area (Å²) in [5, 5.41) is 12.0. The molecule has 0 aliphatic rings. The largest absolute Gasteiger partial charge is 0.384 e. The van der Waals surface area contributed by atoms with Crippen LogP contribution in [0.4, 0.5) is 4.39 Å². The minimum absolute atomic E-state index is 0.275. The first kappa shape index (κ1) is 14.9. The standard InChI is InChI=1S/C17H11BrFIO/c18-15-7-5-10(20)9-14(15)17(21)13-6-8-16(19)12-4-2-1-3-11(12)13/h1-9,17,21H. The van der Waals surface area contributed by atoms with Gasteiger partial charge in [-0.1, -0.05) is 46.3 Å². The van der Waals surface area contributed by atoms with Gasteiger partial charge in [0.1, 0.15) is 11.9 Å². The highest BCUT2D eigenvalue weighted by atomic mass is 127. The van der Waals surface area contributed by atoms with Crippen LogP contribution in [0.25, 0.3) is 10.8 Å². The van der Waals surface area contributed by atoms with Crippen LogP contribution in [-0.4, -0.2) is 5.11 Å². The van der Waals surface area contributed by atoms with Gasteiger partial charge >= 0.3 is 0 Å². The molecule has 1 N–H and O–H groups in total. The molecule has 0 heterocycles. The molecule has 0 aliphatic carbocycles. The van der Waals surface area contributed by atoms with E-state index in [9.17, 15) is 9.50 Å². The zero-order valence-corrected chi connectivity index (χ0v) is 14.6. The van der Waals surface area contributed by atoms with E-state index in [-0.39, 0.29) is 5.82 Å². The Balaban J connectivity index is 2.20. The lowest BCUT2D eigenvalue weighted by Crippen LogP contribution is -2.02. The van der Waals surface area contributed by atoms with E-state index in [1.54, 1.807) is 18.2 Å². The zero-order valence-electron chi connectivity index (χ0n) is 10.9. The zero-order chi connectivity index (χ0) is 15.0. The Kier molecular flexibility index (Phi) is 4.28. The minimum atomic E-state index is -0.806. The van der Waals surface area contributed by atoms with Gasteiger partial charge in [-0.2, -0.15) is 0 Å². The maximum Gasteiger partial charge on any atom is 0.131 e. The van der Waals surface area contributed by atoms with Gasteiger partial charge in [0.2, 0.25) is 0 Å². The quantitative estimate of drug-likeness (QED) is 0.510. The van der Waals surface area contributed by atoms with Crippen molar-refractivity contribution in [2.75, 3.05) is 0 Å². The van der Waals surface area contributed by atoms with Crippen molar-refractivity contribution in [2.45, 2.75) is 6.10 Å². The molecular weight excluding hydrogens is 446 g/mol. The van der Waals surface area contributed by atoms with Crippen molar-refractivity contribution in [2.24, 2.45) is 0 Å².